The highest BCUT2D eigenvalue weighted by Gasteiger charge is 2.44. The van der Waals surface area contributed by atoms with Crippen LogP contribution in [0.3, 0.4) is 0 Å². The quantitative estimate of drug-likeness (QED) is 0.322. The van der Waals surface area contributed by atoms with Gasteiger partial charge in [-0.25, -0.2) is 9.78 Å². The lowest BCUT2D eigenvalue weighted by Crippen LogP contribution is -2.56. The van der Waals surface area contributed by atoms with E-state index in [9.17, 15) is 14.0 Å². The minimum absolute atomic E-state index is 0.00378. The summed E-state index contributed by atoms with van der Waals surface area (Å²) in [4.78, 5) is 32.4. The van der Waals surface area contributed by atoms with E-state index in [1.54, 1.807) is 6.92 Å². The molecule has 0 radical (unpaired) electrons. The van der Waals surface area contributed by atoms with E-state index in [1.807, 2.05) is 29.2 Å². The molecule has 6 rings (SSSR count). The molecule has 2 saturated heterocycles. The van der Waals surface area contributed by atoms with Gasteiger partial charge in [0.25, 0.3) is 0 Å². The van der Waals surface area contributed by atoms with Crippen molar-refractivity contribution in [2.75, 3.05) is 6.61 Å². The Morgan fingerprint density at radius 3 is 2.17 bits per heavy atom. The lowest BCUT2D eigenvalue weighted by atomic mass is 9.75. The van der Waals surface area contributed by atoms with E-state index in [0.717, 1.165) is 19.3 Å². The highest BCUT2D eigenvalue weighted by molar-refractivity contribution is 5.99. The average molecular weight is 485 g/mol. The van der Waals surface area contributed by atoms with Gasteiger partial charge in [0.1, 0.15) is 6.61 Å². The molecule has 2 unspecified atom stereocenters. The molecule has 2 fully saturated rings. The van der Waals surface area contributed by atoms with Gasteiger partial charge >= 0.3 is 6.09 Å². The minimum atomic E-state index is -0.578. The number of hydrogen-bond donors (Lipinski definition) is 0. The maximum Gasteiger partial charge on any atom is 0.410 e. The molecule has 2 aliphatic heterocycles. The van der Waals surface area contributed by atoms with Crippen molar-refractivity contribution in [3.8, 4) is 11.1 Å². The van der Waals surface area contributed by atoms with Gasteiger partial charge in [0.2, 0.25) is 5.95 Å². The van der Waals surface area contributed by atoms with Crippen LogP contribution in [0.5, 0.6) is 0 Å². The molecule has 2 atom stereocenters. The van der Waals surface area contributed by atoms with Crippen molar-refractivity contribution < 1.29 is 18.7 Å². The van der Waals surface area contributed by atoms with Crippen LogP contribution in [-0.2, 0) is 4.74 Å². The summed E-state index contributed by atoms with van der Waals surface area (Å²) in [6, 6.07) is 19.4. The van der Waals surface area contributed by atoms with Gasteiger partial charge in [0, 0.05) is 29.5 Å². The molecule has 0 saturated carbocycles. The molecule has 1 amide bonds. The van der Waals surface area contributed by atoms with Crippen LogP contribution in [0.2, 0.25) is 0 Å². The molecule has 3 aromatic rings. The maximum absolute atomic E-state index is 13.4. The number of ketones is 1. The number of pyridine rings is 1. The van der Waals surface area contributed by atoms with Gasteiger partial charge < -0.3 is 9.64 Å². The van der Waals surface area contributed by atoms with E-state index in [-0.39, 0.29) is 35.8 Å². The Balaban J connectivity index is 1.17. The molecule has 36 heavy (non-hydrogen) atoms. The standard InChI is InChI=1S/C30H29FN2O3/c1-18-22(13-14-28(31)32-18)29(34)19-15-20-7-6-8-21(16-19)33(20)30(35)36-17-27-25-11-4-2-9-23(25)24-10-3-5-12-26(24)27/h2-5,9-14,19-21,27H,6-8,15-17H2,1H3. The van der Waals surface area contributed by atoms with Crippen LogP contribution in [0, 0.1) is 18.8 Å². The van der Waals surface area contributed by atoms with Crippen molar-refractivity contribution in [1.82, 2.24) is 9.88 Å². The van der Waals surface area contributed by atoms with Crippen molar-refractivity contribution in [2.45, 2.75) is 57.0 Å². The Kier molecular flexibility index (Phi) is 5.82. The summed E-state index contributed by atoms with van der Waals surface area (Å²) in [5, 5.41) is 0. The highest BCUT2D eigenvalue weighted by Crippen LogP contribution is 2.45. The number of halogens is 1. The Labute approximate surface area is 210 Å². The number of aryl methyl sites for hydroxylation is 1. The zero-order valence-corrected chi connectivity index (χ0v) is 20.3. The fraction of sp³-hybridized carbons (Fsp3) is 0.367. The number of nitrogens with zero attached hydrogens (tertiary/aromatic N) is 2. The van der Waals surface area contributed by atoms with E-state index >= 15 is 0 Å². The van der Waals surface area contributed by atoms with Gasteiger partial charge in [0.05, 0.1) is 5.69 Å². The second-order valence-electron chi connectivity index (χ2n) is 10.2. The van der Waals surface area contributed by atoms with Crippen LogP contribution in [0.25, 0.3) is 11.1 Å². The molecular weight excluding hydrogens is 455 g/mol. The van der Waals surface area contributed by atoms with Crippen LogP contribution in [0.1, 0.15) is 65.2 Å². The molecule has 3 aliphatic rings. The average Bonchev–Trinajstić information content (AvgIpc) is 3.20. The predicted molar refractivity (Wildman–Crippen MR) is 134 cm³/mol. The summed E-state index contributed by atoms with van der Waals surface area (Å²) >= 11 is 0. The van der Waals surface area contributed by atoms with Crippen molar-refractivity contribution in [3.05, 3.63) is 89.0 Å². The number of piperidine rings is 2. The minimum Gasteiger partial charge on any atom is -0.448 e. The zero-order valence-electron chi connectivity index (χ0n) is 20.3. The van der Waals surface area contributed by atoms with Gasteiger partial charge in [-0.1, -0.05) is 48.5 Å². The number of carbonyl (C=O) groups is 2. The van der Waals surface area contributed by atoms with Crippen LogP contribution in [0.4, 0.5) is 9.18 Å². The molecule has 5 nitrogen and oxygen atoms in total. The molecule has 3 heterocycles. The summed E-state index contributed by atoms with van der Waals surface area (Å²) in [6.07, 6.45) is 3.71. The molecule has 2 bridgehead atoms. The molecule has 184 valence electrons. The van der Waals surface area contributed by atoms with Gasteiger partial charge in [-0.2, -0.15) is 4.39 Å². The number of fused-ring (bicyclic) bond motifs is 5. The molecule has 0 spiro atoms. The van der Waals surface area contributed by atoms with Gasteiger partial charge in [-0.15, -0.1) is 0 Å². The van der Waals surface area contributed by atoms with Crippen molar-refractivity contribution in [3.63, 3.8) is 0 Å². The molecule has 1 aliphatic carbocycles. The lowest BCUT2D eigenvalue weighted by molar-refractivity contribution is 0.00648. The van der Waals surface area contributed by atoms with Crippen LogP contribution < -0.4 is 0 Å². The smallest absolute Gasteiger partial charge is 0.410 e. The third-order valence-corrected chi connectivity index (χ3v) is 8.21. The van der Waals surface area contributed by atoms with E-state index in [1.165, 1.54) is 34.4 Å². The van der Waals surface area contributed by atoms with E-state index < -0.39 is 5.95 Å². The number of amides is 1. The summed E-state index contributed by atoms with van der Waals surface area (Å²) in [7, 11) is 0. The number of benzene rings is 2. The van der Waals surface area contributed by atoms with E-state index in [2.05, 4.69) is 29.2 Å². The molecule has 6 heteroatoms. The van der Waals surface area contributed by atoms with Crippen molar-refractivity contribution >= 4 is 11.9 Å². The van der Waals surface area contributed by atoms with Gasteiger partial charge in [-0.05, 0) is 73.4 Å². The van der Waals surface area contributed by atoms with Crippen LogP contribution >= 0.6 is 0 Å². The van der Waals surface area contributed by atoms with Crippen molar-refractivity contribution in [1.29, 1.82) is 0 Å². The first kappa shape index (κ1) is 22.9. The monoisotopic (exact) mass is 484 g/mol. The van der Waals surface area contributed by atoms with Gasteiger partial charge in [0.15, 0.2) is 5.78 Å². The highest BCUT2D eigenvalue weighted by atomic mass is 19.1. The lowest BCUT2D eigenvalue weighted by Gasteiger charge is -2.47. The fourth-order valence-electron chi connectivity index (χ4n) is 6.57. The van der Waals surface area contributed by atoms with Gasteiger partial charge in [-0.3, -0.25) is 4.79 Å². The summed E-state index contributed by atoms with van der Waals surface area (Å²) in [5.74, 6) is -0.742. The number of ether oxygens (including phenoxy) is 1. The molecule has 1 aromatic heterocycles. The second-order valence-corrected chi connectivity index (χ2v) is 10.2. The summed E-state index contributed by atoms with van der Waals surface area (Å²) in [6.45, 7) is 1.97. The SMILES string of the molecule is Cc1nc(F)ccc1C(=O)C1CC2CCCC(C1)N2C(=O)OCC1c2ccccc2-c2ccccc21. The molecular formula is C30H29FN2O3. The third kappa shape index (κ3) is 3.89. The Bertz CT molecular complexity index is 1280. The predicted octanol–water partition coefficient (Wildman–Crippen LogP) is 6.29. The summed E-state index contributed by atoms with van der Waals surface area (Å²) in [5.41, 5.74) is 5.70. The Morgan fingerprint density at radius 1 is 0.944 bits per heavy atom. The number of hydrogen-bond acceptors (Lipinski definition) is 4. The third-order valence-electron chi connectivity index (χ3n) is 8.21. The molecule has 0 N–H and O–H groups in total. The zero-order chi connectivity index (χ0) is 24.8. The first-order chi connectivity index (χ1) is 17.5. The van der Waals surface area contributed by atoms with E-state index in [4.69, 9.17) is 4.74 Å². The largest absolute Gasteiger partial charge is 0.448 e. The van der Waals surface area contributed by atoms with Crippen LogP contribution in [0.15, 0.2) is 60.7 Å². The fourth-order valence-corrected chi connectivity index (χ4v) is 6.57. The second kappa shape index (κ2) is 9.16. The van der Waals surface area contributed by atoms with Crippen LogP contribution in [-0.4, -0.2) is 40.5 Å². The van der Waals surface area contributed by atoms with E-state index in [0.29, 0.717) is 30.7 Å². The number of rotatable bonds is 4. The number of aromatic nitrogens is 1. The van der Waals surface area contributed by atoms with Crippen molar-refractivity contribution in [2.24, 2.45) is 5.92 Å². The maximum atomic E-state index is 13.4. The first-order valence-corrected chi connectivity index (χ1v) is 12.8. The number of Topliss-reactive ketones (excluding diaryl/α,β-unsaturated/α-hetero) is 1. The molecule has 2 aromatic carbocycles. The Hall–Kier alpha value is -3.54. The normalized spacial score (nSPS) is 22.6. The first-order valence-electron chi connectivity index (χ1n) is 12.8. The summed E-state index contributed by atoms with van der Waals surface area (Å²) < 4.78 is 19.4. The Morgan fingerprint density at radius 2 is 1.56 bits per heavy atom. The topological polar surface area (TPSA) is 59.5 Å². The number of carbonyl (C=O) groups excluding carboxylic acids is 2.